The van der Waals surface area contributed by atoms with Gasteiger partial charge in [-0.05, 0) is 87.8 Å². The number of carbonyl (C=O) groups is 3. The van der Waals surface area contributed by atoms with Crippen LogP contribution in [-0.2, 0) is 19.1 Å². The summed E-state index contributed by atoms with van der Waals surface area (Å²) < 4.78 is 16.7. The zero-order valence-electron chi connectivity index (χ0n) is 28.2. The number of nitrogens with zero attached hydrogens (tertiary/aromatic N) is 3. The quantitative estimate of drug-likeness (QED) is 0.268. The molecule has 1 aliphatic carbocycles. The minimum atomic E-state index is -0.669. The van der Waals surface area contributed by atoms with Crippen LogP contribution >= 0.6 is 0 Å². The highest BCUT2D eigenvalue weighted by atomic mass is 16.6. The molecule has 10 heteroatoms. The maximum absolute atomic E-state index is 14.9. The van der Waals surface area contributed by atoms with Crippen molar-refractivity contribution in [1.29, 1.82) is 0 Å². The lowest BCUT2D eigenvalue weighted by molar-refractivity contribution is -0.124. The Bertz CT molecular complexity index is 1660. The monoisotopic (exact) mass is 655 g/mol. The third-order valence-electron chi connectivity index (χ3n) is 9.15. The number of ether oxygens (including phenoxy) is 3. The molecule has 48 heavy (non-hydrogen) atoms. The molecule has 2 fully saturated rings. The van der Waals surface area contributed by atoms with Crippen molar-refractivity contribution in [2.24, 2.45) is 5.92 Å². The first kappa shape index (κ1) is 33.3. The van der Waals surface area contributed by atoms with Gasteiger partial charge in [0.05, 0.1) is 11.6 Å². The van der Waals surface area contributed by atoms with Crippen LogP contribution in [0.2, 0.25) is 0 Å². The molecule has 3 aromatic carbocycles. The van der Waals surface area contributed by atoms with Crippen LogP contribution in [0.1, 0.15) is 57.9 Å². The number of phenols is 1. The molecule has 2 aliphatic heterocycles. The number of piperidine rings is 1. The highest BCUT2D eigenvalue weighted by Crippen LogP contribution is 2.43. The molecule has 0 radical (unpaired) electrons. The molecule has 6 rings (SSSR count). The molecular formula is C38H45N3O7. The fourth-order valence-corrected chi connectivity index (χ4v) is 6.73. The summed E-state index contributed by atoms with van der Waals surface area (Å²) in [5, 5.41) is 10.6. The standard InChI is InChI=1S/C38H45N3O7/c1-38(2,3)48-37(45)39-19-17-29(25-9-7-10-26(21-25)30-11-5-6-12-33(30)42)31(23-39)36(44)41(27-13-14-27)28-15-16-34-32(22-28)40(18-8-20-46-4)35(43)24-47-34/h5-7,9-12,15-16,21-22,27,29,31,42H,8,13-14,17-20,23-24H2,1-4H3/t29-,31+/m1/s1. The van der Waals surface area contributed by atoms with Gasteiger partial charge in [-0.15, -0.1) is 0 Å². The minimum absolute atomic E-state index is 0.0165. The zero-order chi connectivity index (χ0) is 34.0. The Hall–Kier alpha value is -4.57. The molecular weight excluding hydrogens is 610 g/mol. The highest BCUT2D eigenvalue weighted by Gasteiger charge is 2.44. The first-order valence-electron chi connectivity index (χ1n) is 16.8. The first-order valence-corrected chi connectivity index (χ1v) is 16.8. The number of fused-ring (bicyclic) bond motifs is 1. The Balaban J connectivity index is 1.36. The second-order valence-electron chi connectivity index (χ2n) is 13.8. The average Bonchev–Trinajstić information content (AvgIpc) is 3.90. The maximum Gasteiger partial charge on any atom is 0.410 e. The molecule has 1 N–H and O–H groups in total. The minimum Gasteiger partial charge on any atom is -0.507 e. The van der Waals surface area contributed by atoms with E-state index in [2.05, 4.69) is 0 Å². The van der Waals surface area contributed by atoms with Crippen LogP contribution < -0.4 is 14.5 Å². The van der Waals surface area contributed by atoms with E-state index in [-0.39, 0.29) is 42.7 Å². The number of anilines is 2. The molecule has 0 spiro atoms. The van der Waals surface area contributed by atoms with E-state index in [9.17, 15) is 19.5 Å². The van der Waals surface area contributed by atoms with Crippen molar-refractivity contribution in [3.8, 4) is 22.6 Å². The summed E-state index contributed by atoms with van der Waals surface area (Å²) in [7, 11) is 1.64. The normalized spacial score (nSPS) is 19.4. The Morgan fingerprint density at radius 3 is 2.54 bits per heavy atom. The Morgan fingerprint density at radius 2 is 1.81 bits per heavy atom. The van der Waals surface area contributed by atoms with Gasteiger partial charge in [-0.25, -0.2) is 4.79 Å². The molecule has 1 saturated heterocycles. The van der Waals surface area contributed by atoms with E-state index in [1.807, 2.05) is 80.3 Å². The number of hydrogen-bond acceptors (Lipinski definition) is 7. The van der Waals surface area contributed by atoms with E-state index >= 15 is 0 Å². The number of hydrogen-bond donors (Lipinski definition) is 1. The van der Waals surface area contributed by atoms with Crippen molar-refractivity contribution < 1.29 is 33.7 Å². The van der Waals surface area contributed by atoms with Crippen molar-refractivity contribution in [3.63, 3.8) is 0 Å². The van der Waals surface area contributed by atoms with E-state index in [0.29, 0.717) is 55.2 Å². The lowest BCUT2D eigenvalue weighted by Gasteiger charge is -2.41. The fourth-order valence-electron chi connectivity index (χ4n) is 6.73. The summed E-state index contributed by atoms with van der Waals surface area (Å²) in [4.78, 5) is 46.4. The molecule has 10 nitrogen and oxygen atoms in total. The predicted octanol–water partition coefficient (Wildman–Crippen LogP) is 6.36. The topological polar surface area (TPSA) is 109 Å². The molecule has 1 saturated carbocycles. The van der Waals surface area contributed by atoms with Crippen LogP contribution in [0.4, 0.5) is 16.2 Å². The van der Waals surface area contributed by atoms with E-state index in [0.717, 1.165) is 24.0 Å². The lowest BCUT2D eigenvalue weighted by Crippen LogP contribution is -2.51. The van der Waals surface area contributed by atoms with Crippen LogP contribution in [0.25, 0.3) is 11.1 Å². The first-order chi connectivity index (χ1) is 23.0. The van der Waals surface area contributed by atoms with Crippen LogP contribution in [0, 0.1) is 5.92 Å². The van der Waals surface area contributed by atoms with Crippen molar-refractivity contribution in [1.82, 2.24) is 4.90 Å². The summed E-state index contributed by atoms with van der Waals surface area (Å²) in [6.45, 7) is 7.13. The third kappa shape index (κ3) is 7.28. The van der Waals surface area contributed by atoms with Gasteiger partial charge in [0.1, 0.15) is 17.1 Å². The number of phenolic OH excluding ortho intramolecular Hbond substituents is 1. The van der Waals surface area contributed by atoms with E-state index in [4.69, 9.17) is 14.2 Å². The van der Waals surface area contributed by atoms with Crippen LogP contribution in [0.15, 0.2) is 66.7 Å². The van der Waals surface area contributed by atoms with Crippen molar-refractivity contribution in [3.05, 3.63) is 72.3 Å². The highest BCUT2D eigenvalue weighted by molar-refractivity contribution is 6.01. The van der Waals surface area contributed by atoms with Gasteiger partial charge >= 0.3 is 6.09 Å². The molecule has 254 valence electrons. The van der Waals surface area contributed by atoms with Gasteiger partial charge in [-0.3, -0.25) is 9.59 Å². The summed E-state index contributed by atoms with van der Waals surface area (Å²) in [5.74, 6) is -0.156. The summed E-state index contributed by atoms with van der Waals surface area (Å²) >= 11 is 0. The number of carbonyl (C=O) groups excluding carboxylic acids is 3. The number of aromatic hydroxyl groups is 1. The number of amides is 3. The second-order valence-corrected chi connectivity index (χ2v) is 13.8. The summed E-state index contributed by atoms with van der Waals surface area (Å²) in [6, 6.07) is 20.8. The molecule has 3 aliphatic rings. The third-order valence-corrected chi connectivity index (χ3v) is 9.15. The van der Waals surface area contributed by atoms with Crippen molar-refractivity contribution in [2.45, 2.75) is 64.0 Å². The van der Waals surface area contributed by atoms with Crippen molar-refractivity contribution >= 4 is 29.3 Å². The average molecular weight is 656 g/mol. The molecule has 2 atom stereocenters. The number of para-hydroxylation sites is 1. The van der Waals surface area contributed by atoms with E-state index in [1.54, 1.807) is 29.0 Å². The summed E-state index contributed by atoms with van der Waals surface area (Å²) in [6.07, 6.45) is 2.53. The van der Waals surface area contributed by atoms with Gasteiger partial charge in [0.25, 0.3) is 5.91 Å². The Kier molecular flexibility index (Phi) is 9.64. The van der Waals surface area contributed by atoms with Crippen LogP contribution in [-0.4, -0.2) is 79.5 Å². The molecule has 0 bridgehead atoms. The number of rotatable bonds is 9. The number of likely N-dealkylation sites (tertiary alicyclic amines) is 1. The number of methoxy groups -OCH3 is 1. The van der Waals surface area contributed by atoms with Gasteiger partial charge in [0, 0.05) is 50.6 Å². The fraction of sp³-hybridized carbons (Fsp3) is 0.447. The summed E-state index contributed by atoms with van der Waals surface area (Å²) in [5.41, 5.74) is 3.23. The van der Waals surface area contributed by atoms with Crippen molar-refractivity contribution in [2.75, 3.05) is 49.8 Å². The largest absolute Gasteiger partial charge is 0.507 e. The van der Waals surface area contributed by atoms with Crippen LogP contribution in [0.5, 0.6) is 11.5 Å². The van der Waals surface area contributed by atoms with Gasteiger partial charge in [-0.1, -0.05) is 42.5 Å². The lowest BCUT2D eigenvalue weighted by atomic mass is 9.78. The maximum atomic E-state index is 14.9. The molecule has 0 unspecified atom stereocenters. The second kappa shape index (κ2) is 13.9. The van der Waals surface area contributed by atoms with E-state index in [1.165, 1.54) is 0 Å². The van der Waals surface area contributed by atoms with Gasteiger partial charge in [-0.2, -0.15) is 0 Å². The van der Waals surface area contributed by atoms with Gasteiger partial charge in [0.2, 0.25) is 5.91 Å². The Morgan fingerprint density at radius 1 is 1.02 bits per heavy atom. The van der Waals surface area contributed by atoms with Gasteiger partial charge in [0.15, 0.2) is 6.61 Å². The zero-order valence-corrected chi connectivity index (χ0v) is 28.2. The molecule has 0 aromatic heterocycles. The smallest absolute Gasteiger partial charge is 0.410 e. The molecule has 3 amide bonds. The van der Waals surface area contributed by atoms with Gasteiger partial charge < -0.3 is 34.0 Å². The molecule has 2 heterocycles. The van der Waals surface area contributed by atoms with E-state index < -0.39 is 17.6 Å². The van der Waals surface area contributed by atoms with Crippen LogP contribution in [0.3, 0.4) is 0 Å². The number of benzene rings is 3. The molecule has 3 aromatic rings. The Labute approximate surface area is 282 Å². The SMILES string of the molecule is COCCCN1C(=O)COc2ccc(N(C(=O)[C@H]3CN(C(=O)OC(C)(C)C)CC[C@@H]3c3cccc(-c4ccccc4O)c3)C3CC3)cc21. The predicted molar refractivity (Wildman–Crippen MR) is 183 cm³/mol.